The molecule has 2 aromatic heterocycles. The van der Waals surface area contributed by atoms with E-state index in [-0.39, 0.29) is 11.6 Å². The molecule has 0 unspecified atom stereocenters. The summed E-state index contributed by atoms with van der Waals surface area (Å²) in [7, 11) is 0. The first kappa shape index (κ1) is 33.5. The molecule has 5 rings (SSSR count). The van der Waals surface area contributed by atoms with Gasteiger partial charge in [0.1, 0.15) is 22.8 Å². The minimum absolute atomic E-state index is 0.0791. The molecule has 2 N–H and O–H groups in total. The maximum absolute atomic E-state index is 14.8. The molecule has 0 radical (unpaired) electrons. The number of carbonyl (C=O) groups excluding carboxylic acids is 2. The van der Waals surface area contributed by atoms with Gasteiger partial charge in [-0.25, -0.2) is 19.0 Å². The molecule has 2 amide bonds. The summed E-state index contributed by atoms with van der Waals surface area (Å²) in [5.41, 5.74) is 7.11. The first-order chi connectivity index (χ1) is 21.1. The van der Waals surface area contributed by atoms with E-state index < -0.39 is 29.2 Å². The molecule has 0 atom stereocenters. The lowest BCUT2D eigenvalue weighted by Crippen LogP contribution is -2.38. The number of aromatic nitrogens is 3. The molecule has 10 nitrogen and oxygen atoms in total. The second-order valence-corrected chi connectivity index (χ2v) is 13.1. The van der Waals surface area contributed by atoms with E-state index in [0.29, 0.717) is 22.7 Å². The minimum Gasteiger partial charge on any atom is -0.444 e. The molecule has 45 heavy (non-hydrogen) atoms. The largest absolute Gasteiger partial charge is 0.444 e. The van der Waals surface area contributed by atoms with Gasteiger partial charge in [0.25, 0.3) is 0 Å². The van der Waals surface area contributed by atoms with E-state index in [9.17, 15) is 14.0 Å². The molecule has 0 bridgehead atoms. The van der Waals surface area contributed by atoms with Gasteiger partial charge in [-0.05, 0) is 78.6 Å². The number of carbonyl (C=O) groups is 2. The minimum atomic E-state index is -0.752. The topological polar surface area (TPSA) is 115 Å². The predicted molar refractivity (Wildman–Crippen MR) is 174 cm³/mol. The quantitative estimate of drug-likeness (QED) is 0.239. The highest BCUT2D eigenvalue weighted by molar-refractivity contribution is 6.30. The van der Waals surface area contributed by atoms with E-state index in [0.717, 1.165) is 18.7 Å². The van der Waals surface area contributed by atoms with Crippen LogP contribution in [0.25, 0.3) is 16.9 Å². The van der Waals surface area contributed by atoms with Gasteiger partial charge in [0, 0.05) is 47.1 Å². The summed E-state index contributed by atoms with van der Waals surface area (Å²) in [5, 5.41) is 4.66. The van der Waals surface area contributed by atoms with E-state index >= 15 is 0 Å². The Bertz CT molecular complexity index is 1640. The van der Waals surface area contributed by atoms with Gasteiger partial charge in [0.2, 0.25) is 0 Å². The number of fused-ring (bicyclic) bond motifs is 1. The van der Waals surface area contributed by atoms with Gasteiger partial charge in [-0.2, -0.15) is 9.61 Å². The van der Waals surface area contributed by atoms with Gasteiger partial charge in [0.15, 0.2) is 5.65 Å². The number of ether oxygens (including phenoxy) is 2. The number of hydrogen-bond acceptors (Lipinski definition) is 7. The van der Waals surface area contributed by atoms with Crippen LogP contribution in [0.1, 0.15) is 59.9 Å². The summed E-state index contributed by atoms with van der Waals surface area (Å²) in [6.45, 7) is 12.7. The van der Waals surface area contributed by atoms with Crippen molar-refractivity contribution in [3.05, 3.63) is 77.2 Å². The SMILES string of the molecule is CC(C)(C)OC(=O)N(Cc1ccc(Cl)cc1F)c1cc(-c2ccc(N3CCCC3)cc2)nc2ccnn12.CC(C)(C)OC(N)=O. The standard InChI is InChI=1S/C28H29ClFN5O2.C5H11NO2/c1-28(2,3)37-27(36)34(18-20-6-9-21(29)16-23(20)30)26-17-24(32-25-12-13-31-35(25)26)19-7-10-22(11-8-19)33-14-4-5-15-33;1-5(2,3)8-4(6)7/h6-13,16-17H,4-5,14-15,18H2,1-3H3;1-3H3,(H2,6,7). The fourth-order valence-electron chi connectivity index (χ4n) is 4.73. The molecule has 1 fully saturated rings. The number of benzene rings is 2. The van der Waals surface area contributed by atoms with Crippen molar-refractivity contribution in [1.29, 1.82) is 0 Å². The van der Waals surface area contributed by atoms with Crippen molar-refractivity contribution in [3.63, 3.8) is 0 Å². The lowest BCUT2D eigenvalue weighted by molar-refractivity contribution is 0.0571. The molecular formula is C33H40ClFN6O4. The average Bonchev–Trinajstić information content (AvgIpc) is 3.63. The zero-order valence-corrected chi connectivity index (χ0v) is 27.3. The summed E-state index contributed by atoms with van der Waals surface area (Å²) < 4.78 is 26.6. The average molecular weight is 639 g/mol. The molecule has 1 aliphatic heterocycles. The van der Waals surface area contributed by atoms with Crippen LogP contribution in [0, 0.1) is 5.82 Å². The summed E-state index contributed by atoms with van der Waals surface area (Å²) in [5.74, 6) is -0.0956. The predicted octanol–water partition coefficient (Wildman–Crippen LogP) is 7.61. The number of anilines is 2. The third-order valence-electron chi connectivity index (χ3n) is 6.62. The molecule has 1 saturated heterocycles. The summed E-state index contributed by atoms with van der Waals surface area (Å²) in [4.78, 5) is 32.0. The van der Waals surface area contributed by atoms with Crippen LogP contribution in [0.4, 0.5) is 25.5 Å². The lowest BCUT2D eigenvalue weighted by atomic mass is 10.1. The maximum atomic E-state index is 14.8. The second-order valence-electron chi connectivity index (χ2n) is 12.7. The Morgan fingerprint density at radius 2 is 1.60 bits per heavy atom. The first-order valence-corrected chi connectivity index (χ1v) is 15.1. The van der Waals surface area contributed by atoms with Crippen LogP contribution in [-0.2, 0) is 16.0 Å². The molecule has 12 heteroatoms. The Hall–Kier alpha value is -4.38. The number of nitrogens with two attached hydrogens (primary N) is 1. The zero-order valence-electron chi connectivity index (χ0n) is 26.5. The highest BCUT2D eigenvalue weighted by atomic mass is 35.5. The van der Waals surface area contributed by atoms with Crippen molar-refractivity contribution < 1.29 is 23.5 Å². The van der Waals surface area contributed by atoms with Crippen LogP contribution < -0.4 is 15.5 Å². The highest BCUT2D eigenvalue weighted by Crippen LogP contribution is 2.30. The van der Waals surface area contributed by atoms with E-state index in [1.807, 2.05) is 12.1 Å². The van der Waals surface area contributed by atoms with E-state index in [1.54, 1.807) is 76.5 Å². The Labute approximate surface area is 267 Å². The van der Waals surface area contributed by atoms with Crippen molar-refractivity contribution >= 4 is 40.9 Å². The van der Waals surface area contributed by atoms with Gasteiger partial charge in [0.05, 0.1) is 18.4 Å². The van der Waals surface area contributed by atoms with Crippen LogP contribution in [0.15, 0.2) is 60.8 Å². The van der Waals surface area contributed by atoms with E-state index in [2.05, 4.69) is 26.9 Å². The third-order valence-corrected chi connectivity index (χ3v) is 6.85. The van der Waals surface area contributed by atoms with Crippen LogP contribution in [0.5, 0.6) is 0 Å². The van der Waals surface area contributed by atoms with Gasteiger partial charge in [-0.15, -0.1) is 0 Å². The number of primary amides is 1. The maximum Gasteiger partial charge on any atom is 0.416 e. The van der Waals surface area contributed by atoms with Crippen molar-refractivity contribution in [2.24, 2.45) is 5.73 Å². The molecule has 3 heterocycles. The van der Waals surface area contributed by atoms with Crippen LogP contribution in [-0.4, -0.2) is 51.1 Å². The second kappa shape index (κ2) is 13.7. The molecular weight excluding hydrogens is 599 g/mol. The van der Waals surface area contributed by atoms with E-state index in [1.165, 1.54) is 29.5 Å². The van der Waals surface area contributed by atoms with Gasteiger partial charge in [-0.3, -0.25) is 4.90 Å². The highest BCUT2D eigenvalue weighted by Gasteiger charge is 2.27. The molecule has 2 aromatic carbocycles. The van der Waals surface area contributed by atoms with Gasteiger partial charge < -0.3 is 20.1 Å². The summed E-state index contributed by atoms with van der Waals surface area (Å²) in [6.07, 6.45) is 2.68. The third kappa shape index (κ3) is 9.31. The van der Waals surface area contributed by atoms with Crippen LogP contribution >= 0.6 is 11.6 Å². The van der Waals surface area contributed by atoms with Crippen molar-refractivity contribution in [1.82, 2.24) is 14.6 Å². The van der Waals surface area contributed by atoms with E-state index in [4.69, 9.17) is 27.1 Å². The Kier molecular flexibility index (Phi) is 10.2. The number of hydrogen-bond donors (Lipinski definition) is 1. The van der Waals surface area contributed by atoms with Crippen LogP contribution in [0.2, 0.25) is 5.02 Å². The number of rotatable bonds is 5. The van der Waals surface area contributed by atoms with Gasteiger partial charge >= 0.3 is 12.2 Å². The number of halogens is 2. The summed E-state index contributed by atoms with van der Waals surface area (Å²) >= 11 is 5.95. The van der Waals surface area contributed by atoms with Crippen molar-refractivity contribution in [2.75, 3.05) is 22.9 Å². The van der Waals surface area contributed by atoms with Crippen LogP contribution in [0.3, 0.4) is 0 Å². The molecule has 0 spiro atoms. The Morgan fingerprint density at radius 1 is 0.956 bits per heavy atom. The number of amides is 2. The first-order valence-electron chi connectivity index (χ1n) is 14.7. The zero-order chi connectivity index (χ0) is 32.9. The Balaban J connectivity index is 0.000000510. The monoisotopic (exact) mass is 638 g/mol. The molecule has 1 aliphatic rings. The lowest BCUT2D eigenvalue weighted by Gasteiger charge is -2.28. The molecule has 240 valence electrons. The van der Waals surface area contributed by atoms with Gasteiger partial charge in [-0.1, -0.05) is 29.8 Å². The molecule has 0 saturated carbocycles. The summed E-state index contributed by atoms with van der Waals surface area (Å²) in [6, 6.07) is 16.2. The molecule has 0 aliphatic carbocycles. The smallest absolute Gasteiger partial charge is 0.416 e. The normalized spacial score (nSPS) is 13.3. The Morgan fingerprint density at radius 3 is 2.16 bits per heavy atom. The van der Waals surface area contributed by atoms with Crippen molar-refractivity contribution in [3.8, 4) is 11.3 Å². The molecule has 4 aromatic rings. The fourth-order valence-corrected chi connectivity index (χ4v) is 4.89. The fraction of sp³-hybridized carbons (Fsp3) is 0.394. The van der Waals surface area contributed by atoms with Crippen molar-refractivity contribution in [2.45, 2.75) is 72.1 Å². The number of nitrogens with zero attached hydrogens (tertiary/aromatic N) is 5.